The van der Waals surface area contributed by atoms with Crippen LogP contribution in [0.15, 0.2) is 0 Å². The summed E-state index contributed by atoms with van der Waals surface area (Å²) in [6, 6.07) is 0. The average Bonchev–Trinajstić information content (AvgIpc) is 2.31. The third-order valence-corrected chi connectivity index (χ3v) is 3.14. The fraction of sp³-hybridized carbons (Fsp3) is 0.933. The lowest BCUT2D eigenvalue weighted by Gasteiger charge is -2.02. The van der Waals surface area contributed by atoms with Crippen LogP contribution in [-0.4, -0.2) is 6.61 Å². The molecule has 97 valence electrons. The van der Waals surface area contributed by atoms with Gasteiger partial charge in [-0.3, -0.25) is 0 Å². The zero-order chi connectivity index (χ0) is 11.9. The molecule has 0 spiro atoms. The van der Waals surface area contributed by atoms with Crippen LogP contribution in [-0.2, 0) is 4.74 Å². The molecule has 0 heterocycles. The fourth-order valence-electron chi connectivity index (χ4n) is 2.05. The van der Waals surface area contributed by atoms with Gasteiger partial charge in [0.25, 0.3) is 0 Å². The van der Waals surface area contributed by atoms with Crippen LogP contribution in [0, 0.1) is 7.11 Å². The van der Waals surface area contributed by atoms with Crippen molar-refractivity contribution in [2.75, 3.05) is 6.61 Å². The number of ether oxygens (including phenoxy) is 1. The maximum atomic E-state index is 4.78. The Bertz CT molecular complexity index is 98.0. The predicted octanol–water partition coefficient (Wildman–Crippen LogP) is 5.50. The molecule has 0 saturated carbocycles. The molecule has 0 amide bonds. The number of rotatable bonds is 13. The highest BCUT2D eigenvalue weighted by Crippen LogP contribution is 2.11. The van der Waals surface area contributed by atoms with Gasteiger partial charge < -0.3 is 4.74 Å². The van der Waals surface area contributed by atoms with Gasteiger partial charge in [-0.05, 0) is 6.42 Å². The molecule has 0 aliphatic heterocycles. The maximum Gasteiger partial charge on any atom is 0.0700 e. The minimum Gasteiger partial charge on any atom is -0.379 e. The van der Waals surface area contributed by atoms with Gasteiger partial charge in [0.1, 0.15) is 0 Å². The van der Waals surface area contributed by atoms with E-state index >= 15 is 0 Å². The van der Waals surface area contributed by atoms with Crippen LogP contribution in [0.2, 0.25) is 0 Å². The van der Waals surface area contributed by atoms with Gasteiger partial charge in [0, 0.05) is 6.61 Å². The molecule has 0 unspecified atom stereocenters. The molecule has 0 rings (SSSR count). The van der Waals surface area contributed by atoms with Gasteiger partial charge in [0.15, 0.2) is 0 Å². The monoisotopic (exact) mass is 227 g/mol. The standard InChI is InChI=1S/C15H31O/c1-3-4-5-6-7-8-9-10-11-12-13-14-15-16-2/h2-15H2,1H3. The predicted molar refractivity (Wildman–Crippen MR) is 72.4 cm³/mol. The maximum absolute atomic E-state index is 4.78. The molecule has 1 heteroatoms. The van der Waals surface area contributed by atoms with E-state index in [0.717, 1.165) is 6.61 Å². The van der Waals surface area contributed by atoms with E-state index in [-0.39, 0.29) is 0 Å². The molecular formula is C15H31O. The van der Waals surface area contributed by atoms with Gasteiger partial charge >= 0.3 is 0 Å². The summed E-state index contributed by atoms with van der Waals surface area (Å²) < 4.78 is 4.78. The zero-order valence-electron chi connectivity index (χ0n) is 11.3. The number of hydrogen-bond donors (Lipinski definition) is 0. The van der Waals surface area contributed by atoms with Gasteiger partial charge in [-0.1, -0.05) is 77.6 Å². The minimum absolute atomic E-state index is 0.831. The summed E-state index contributed by atoms with van der Waals surface area (Å²) in [6.45, 7) is 3.11. The molecule has 0 aromatic rings. The Labute approximate surface area is 103 Å². The normalized spacial score (nSPS) is 10.9. The van der Waals surface area contributed by atoms with Gasteiger partial charge in [0.2, 0.25) is 0 Å². The first-order valence-electron chi connectivity index (χ1n) is 7.28. The summed E-state index contributed by atoms with van der Waals surface area (Å²) in [5.74, 6) is 0. The smallest absolute Gasteiger partial charge is 0.0700 e. The Balaban J connectivity index is 2.83. The Morgan fingerprint density at radius 3 is 1.38 bits per heavy atom. The van der Waals surface area contributed by atoms with Gasteiger partial charge in [-0.2, -0.15) is 0 Å². The molecule has 16 heavy (non-hydrogen) atoms. The number of unbranched alkanes of at least 4 members (excludes halogenated alkanes) is 11. The largest absolute Gasteiger partial charge is 0.379 e. The van der Waals surface area contributed by atoms with Crippen molar-refractivity contribution in [1.29, 1.82) is 0 Å². The van der Waals surface area contributed by atoms with Crippen molar-refractivity contribution in [3.8, 4) is 0 Å². The Morgan fingerprint density at radius 2 is 1.00 bits per heavy atom. The third-order valence-electron chi connectivity index (χ3n) is 3.14. The molecule has 0 atom stereocenters. The summed E-state index contributed by atoms with van der Waals surface area (Å²) in [5.41, 5.74) is 0. The van der Waals surface area contributed by atoms with Crippen LogP contribution in [0.25, 0.3) is 0 Å². The van der Waals surface area contributed by atoms with Crippen LogP contribution in [0.3, 0.4) is 0 Å². The van der Waals surface area contributed by atoms with E-state index in [2.05, 4.69) is 14.0 Å². The topological polar surface area (TPSA) is 9.23 Å². The van der Waals surface area contributed by atoms with Gasteiger partial charge in [-0.25, -0.2) is 0 Å². The summed E-state index contributed by atoms with van der Waals surface area (Å²) in [5, 5.41) is 0. The highest BCUT2D eigenvalue weighted by molar-refractivity contribution is 4.48. The van der Waals surface area contributed by atoms with Gasteiger partial charge in [0.05, 0.1) is 7.11 Å². The van der Waals surface area contributed by atoms with Crippen LogP contribution >= 0.6 is 0 Å². The molecule has 0 aromatic carbocycles. The van der Waals surface area contributed by atoms with Crippen molar-refractivity contribution in [3.05, 3.63) is 7.11 Å². The second-order valence-corrected chi connectivity index (χ2v) is 4.80. The summed E-state index contributed by atoms with van der Waals surface area (Å²) in [4.78, 5) is 0. The first kappa shape index (κ1) is 16.0. The Morgan fingerprint density at radius 1 is 0.625 bits per heavy atom. The highest BCUT2D eigenvalue weighted by atomic mass is 16.5. The molecule has 1 nitrogen and oxygen atoms in total. The van der Waals surface area contributed by atoms with E-state index in [9.17, 15) is 0 Å². The van der Waals surface area contributed by atoms with E-state index in [1.165, 1.54) is 77.0 Å². The average molecular weight is 227 g/mol. The van der Waals surface area contributed by atoms with Crippen LogP contribution in [0.5, 0.6) is 0 Å². The Kier molecular flexibility index (Phi) is 14.9. The van der Waals surface area contributed by atoms with Crippen LogP contribution in [0.4, 0.5) is 0 Å². The van der Waals surface area contributed by atoms with Crippen molar-refractivity contribution in [2.45, 2.75) is 84.0 Å². The second kappa shape index (κ2) is 15.0. The number of hydrogen-bond acceptors (Lipinski definition) is 1. The molecule has 0 N–H and O–H groups in total. The zero-order valence-corrected chi connectivity index (χ0v) is 11.3. The molecule has 0 saturated heterocycles. The molecule has 0 aliphatic rings. The van der Waals surface area contributed by atoms with Crippen molar-refractivity contribution in [2.24, 2.45) is 0 Å². The van der Waals surface area contributed by atoms with Crippen molar-refractivity contribution < 1.29 is 4.74 Å². The molecule has 0 bridgehead atoms. The highest BCUT2D eigenvalue weighted by Gasteiger charge is 1.92. The van der Waals surface area contributed by atoms with Crippen molar-refractivity contribution >= 4 is 0 Å². The van der Waals surface area contributed by atoms with Gasteiger partial charge in [-0.15, -0.1) is 0 Å². The lowest BCUT2D eigenvalue weighted by Crippen LogP contribution is -1.87. The molecule has 0 fully saturated rings. The van der Waals surface area contributed by atoms with E-state index in [1.54, 1.807) is 0 Å². The van der Waals surface area contributed by atoms with E-state index < -0.39 is 0 Å². The van der Waals surface area contributed by atoms with E-state index in [4.69, 9.17) is 4.74 Å². The first-order chi connectivity index (χ1) is 7.91. The summed E-state index contributed by atoms with van der Waals surface area (Å²) >= 11 is 0. The van der Waals surface area contributed by atoms with E-state index in [0.29, 0.717) is 0 Å². The summed E-state index contributed by atoms with van der Waals surface area (Å²) in [6.07, 6.45) is 16.7. The SMILES string of the molecule is [CH2]OCCCCCCCCCCCCCC. The fourth-order valence-corrected chi connectivity index (χ4v) is 2.05. The van der Waals surface area contributed by atoms with Crippen molar-refractivity contribution in [3.63, 3.8) is 0 Å². The molecular weight excluding hydrogens is 196 g/mol. The van der Waals surface area contributed by atoms with Crippen molar-refractivity contribution in [1.82, 2.24) is 0 Å². The minimum atomic E-state index is 0.831. The quantitative estimate of drug-likeness (QED) is 0.378. The second-order valence-electron chi connectivity index (χ2n) is 4.80. The lowest BCUT2D eigenvalue weighted by atomic mass is 10.1. The summed E-state index contributed by atoms with van der Waals surface area (Å²) in [7, 11) is 3.37. The van der Waals surface area contributed by atoms with E-state index in [1.807, 2.05) is 0 Å². The molecule has 1 radical (unpaired) electrons. The lowest BCUT2D eigenvalue weighted by molar-refractivity contribution is 0.233. The van der Waals surface area contributed by atoms with Crippen LogP contribution in [0.1, 0.15) is 84.0 Å². The molecule has 0 aromatic heterocycles. The Hall–Kier alpha value is -0.0400. The third kappa shape index (κ3) is 14.0. The molecule has 0 aliphatic carbocycles. The first-order valence-corrected chi connectivity index (χ1v) is 7.28. The van der Waals surface area contributed by atoms with Crippen LogP contribution < -0.4 is 0 Å².